The van der Waals surface area contributed by atoms with Crippen LogP contribution in [-0.2, 0) is 27.1 Å². The molecule has 0 bridgehead atoms. The summed E-state index contributed by atoms with van der Waals surface area (Å²) in [5, 5.41) is 2.91. The molecule has 1 aromatic carbocycles. The van der Waals surface area contributed by atoms with E-state index in [1.54, 1.807) is 11.0 Å². The Morgan fingerprint density at radius 2 is 2.03 bits per heavy atom. The van der Waals surface area contributed by atoms with Crippen LogP contribution in [0.1, 0.15) is 36.0 Å². The summed E-state index contributed by atoms with van der Waals surface area (Å²) in [5.41, 5.74) is 0.160. The summed E-state index contributed by atoms with van der Waals surface area (Å²) in [6.07, 6.45) is -2.07. The normalized spacial score (nSPS) is 27.0. The van der Waals surface area contributed by atoms with Crippen LogP contribution in [0.25, 0.3) is 0 Å². The van der Waals surface area contributed by atoms with Crippen LogP contribution in [0, 0.1) is 12.3 Å². The van der Waals surface area contributed by atoms with Crippen LogP contribution in [0.15, 0.2) is 18.2 Å². The third-order valence-electron chi connectivity index (χ3n) is 7.33. The molecule has 1 saturated carbocycles. The van der Waals surface area contributed by atoms with Gasteiger partial charge in [0.1, 0.15) is 6.61 Å². The van der Waals surface area contributed by atoms with E-state index in [0.717, 1.165) is 18.9 Å². The van der Waals surface area contributed by atoms with E-state index in [2.05, 4.69) is 5.32 Å². The molecule has 0 unspecified atom stereocenters. The van der Waals surface area contributed by atoms with Crippen molar-refractivity contribution in [2.24, 2.45) is 5.41 Å². The Balaban J connectivity index is 1.07. The van der Waals surface area contributed by atoms with Gasteiger partial charge in [0, 0.05) is 31.6 Å². The Bertz CT molecular complexity index is 939. The van der Waals surface area contributed by atoms with Crippen LogP contribution in [0.4, 0.5) is 18.0 Å². The van der Waals surface area contributed by atoms with E-state index in [1.165, 1.54) is 13.0 Å². The largest absolute Gasteiger partial charge is 0.416 e. The SMILES string of the molecule is Cc1ccc(COC2CC3(C2)CN(C(=O)N2CC[C@@H]4OCC(=O)N[C@@H]4C2)C3)cc1C(F)(F)F. The molecule has 10 heteroatoms. The van der Waals surface area contributed by atoms with Crippen molar-refractivity contribution in [3.63, 3.8) is 0 Å². The molecule has 2 atom stereocenters. The van der Waals surface area contributed by atoms with Crippen molar-refractivity contribution >= 4 is 11.9 Å². The number of morpholine rings is 1. The van der Waals surface area contributed by atoms with E-state index >= 15 is 0 Å². The summed E-state index contributed by atoms with van der Waals surface area (Å²) in [5.74, 6) is -0.144. The van der Waals surface area contributed by atoms with E-state index in [4.69, 9.17) is 9.47 Å². The summed E-state index contributed by atoms with van der Waals surface area (Å²) >= 11 is 0. The van der Waals surface area contributed by atoms with E-state index in [0.29, 0.717) is 38.2 Å². The Labute approximate surface area is 190 Å². The van der Waals surface area contributed by atoms with E-state index in [9.17, 15) is 22.8 Å². The first-order valence-corrected chi connectivity index (χ1v) is 11.4. The van der Waals surface area contributed by atoms with Gasteiger partial charge in [-0.15, -0.1) is 0 Å². The van der Waals surface area contributed by atoms with Gasteiger partial charge in [-0.05, 0) is 43.4 Å². The maximum Gasteiger partial charge on any atom is 0.416 e. The number of hydrogen-bond acceptors (Lipinski definition) is 4. The molecule has 180 valence electrons. The highest BCUT2D eigenvalue weighted by atomic mass is 19.4. The number of carbonyl (C=O) groups is 2. The van der Waals surface area contributed by atoms with Crippen LogP contribution in [0.3, 0.4) is 0 Å². The van der Waals surface area contributed by atoms with Crippen molar-refractivity contribution in [3.05, 3.63) is 34.9 Å². The molecule has 3 saturated heterocycles. The molecule has 1 spiro atoms. The molecule has 4 aliphatic rings. The number of alkyl halides is 3. The number of likely N-dealkylation sites (tertiary alicyclic amines) is 2. The summed E-state index contributed by atoms with van der Waals surface area (Å²) in [4.78, 5) is 28.1. The van der Waals surface area contributed by atoms with Crippen molar-refractivity contribution in [3.8, 4) is 0 Å². The van der Waals surface area contributed by atoms with Crippen molar-refractivity contribution < 1.29 is 32.2 Å². The van der Waals surface area contributed by atoms with Gasteiger partial charge in [0.25, 0.3) is 0 Å². The first-order valence-electron chi connectivity index (χ1n) is 11.4. The third-order valence-corrected chi connectivity index (χ3v) is 7.33. The van der Waals surface area contributed by atoms with Gasteiger partial charge in [-0.2, -0.15) is 13.2 Å². The average Bonchev–Trinajstić information content (AvgIpc) is 2.70. The van der Waals surface area contributed by atoms with Crippen LogP contribution in [0.5, 0.6) is 0 Å². The van der Waals surface area contributed by atoms with Crippen molar-refractivity contribution in [2.75, 3.05) is 32.8 Å². The molecule has 3 aliphatic heterocycles. The van der Waals surface area contributed by atoms with Gasteiger partial charge < -0.3 is 24.6 Å². The van der Waals surface area contributed by atoms with E-state index in [1.807, 2.05) is 4.90 Å². The van der Waals surface area contributed by atoms with Crippen LogP contribution in [0.2, 0.25) is 0 Å². The lowest BCUT2D eigenvalue weighted by Crippen LogP contribution is -2.69. The summed E-state index contributed by atoms with van der Waals surface area (Å²) in [6, 6.07) is 4.15. The highest BCUT2D eigenvalue weighted by molar-refractivity contribution is 5.79. The number of rotatable bonds is 3. The number of nitrogens with one attached hydrogen (secondary N) is 1. The minimum absolute atomic E-state index is 0.00300. The van der Waals surface area contributed by atoms with Gasteiger partial charge in [0.05, 0.1) is 30.4 Å². The monoisotopic (exact) mass is 467 g/mol. The van der Waals surface area contributed by atoms with Gasteiger partial charge in [-0.1, -0.05) is 12.1 Å². The zero-order valence-corrected chi connectivity index (χ0v) is 18.5. The fourth-order valence-corrected chi connectivity index (χ4v) is 5.53. The predicted molar refractivity (Wildman–Crippen MR) is 111 cm³/mol. The molecule has 1 aliphatic carbocycles. The highest BCUT2D eigenvalue weighted by Crippen LogP contribution is 2.50. The number of carbonyl (C=O) groups excluding carboxylic acids is 2. The first kappa shape index (κ1) is 22.5. The first-order chi connectivity index (χ1) is 15.6. The Morgan fingerprint density at radius 3 is 2.76 bits per heavy atom. The van der Waals surface area contributed by atoms with Crippen LogP contribution in [-0.4, -0.2) is 72.8 Å². The lowest BCUT2D eigenvalue weighted by atomic mass is 9.62. The molecule has 3 amide bonds. The second-order valence-corrected chi connectivity index (χ2v) is 9.89. The lowest BCUT2D eigenvalue weighted by molar-refractivity contribution is -0.147. The molecule has 1 aromatic rings. The third kappa shape index (κ3) is 4.42. The number of ether oxygens (including phenoxy) is 2. The number of fused-ring (bicyclic) bond motifs is 1. The topological polar surface area (TPSA) is 71.1 Å². The molecule has 7 nitrogen and oxygen atoms in total. The number of aryl methyl sites for hydroxylation is 1. The number of benzene rings is 1. The maximum absolute atomic E-state index is 13.1. The number of nitrogens with zero attached hydrogens (tertiary/aromatic N) is 2. The van der Waals surface area contributed by atoms with Gasteiger partial charge in [0.15, 0.2) is 0 Å². The highest BCUT2D eigenvalue weighted by Gasteiger charge is 2.55. The predicted octanol–water partition coefficient (Wildman–Crippen LogP) is 2.70. The average molecular weight is 467 g/mol. The number of urea groups is 1. The van der Waals surface area contributed by atoms with Crippen molar-refractivity contribution in [1.29, 1.82) is 0 Å². The minimum atomic E-state index is -4.37. The van der Waals surface area contributed by atoms with Crippen molar-refractivity contribution in [2.45, 2.75) is 57.2 Å². The quantitative estimate of drug-likeness (QED) is 0.742. The standard InChI is InChI=1S/C23H28F3N3O4/c1-14-2-3-15(6-17(14)23(24,25)26)10-32-16-7-22(8-16)12-29(13-22)21(31)28-5-4-19-18(9-28)27-20(30)11-33-19/h2-3,6,16,18-19H,4-5,7-13H2,1H3,(H,27,30)/t18-,19+/m1/s1. The molecule has 5 rings (SSSR count). The van der Waals surface area contributed by atoms with Gasteiger partial charge in [-0.3, -0.25) is 4.79 Å². The number of hydrogen-bond donors (Lipinski definition) is 1. The Kier molecular flexibility index (Phi) is 5.55. The Morgan fingerprint density at radius 1 is 1.27 bits per heavy atom. The van der Waals surface area contributed by atoms with Crippen LogP contribution < -0.4 is 5.32 Å². The zero-order valence-electron chi connectivity index (χ0n) is 18.5. The van der Waals surface area contributed by atoms with Crippen LogP contribution >= 0.6 is 0 Å². The molecular formula is C23H28F3N3O4. The van der Waals surface area contributed by atoms with Gasteiger partial charge >= 0.3 is 12.2 Å². The minimum Gasteiger partial charge on any atom is -0.373 e. The number of amides is 3. The molecule has 0 aromatic heterocycles. The van der Waals surface area contributed by atoms with E-state index in [-0.39, 0.29) is 54.4 Å². The molecule has 4 fully saturated rings. The summed E-state index contributed by atoms with van der Waals surface area (Å²) in [6.45, 7) is 4.09. The van der Waals surface area contributed by atoms with E-state index < -0.39 is 11.7 Å². The fraction of sp³-hybridized carbons (Fsp3) is 0.652. The van der Waals surface area contributed by atoms with Gasteiger partial charge in [-0.25, -0.2) is 4.79 Å². The van der Waals surface area contributed by atoms with Gasteiger partial charge in [0.2, 0.25) is 5.91 Å². The fourth-order valence-electron chi connectivity index (χ4n) is 5.53. The second kappa shape index (κ2) is 8.16. The molecule has 0 radical (unpaired) electrons. The lowest BCUT2D eigenvalue weighted by Gasteiger charge is -2.59. The molecule has 1 N–H and O–H groups in total. The smallest absolute Gasteiger partial charge is 0.373 e. The molecular weight excluding hydrogens is 439 g/mol. The second-order valence-electron chi connectivity index (χ2n) is 9.89. The number of halogens is 3. The molecule has 33 heavy (non-hydrogen) atoms. The zero-order chi connectivity index (χ0) is 23.4. The Hall–Kier alpha value is -2.33. The maximum atomic E-state index is 13.1. The number of piperidine rings is 1. The molecule has 3 heterocycles. The summed E-state index contributed by atoms with van der Waals surface area (Å²) < 4.78 is 50.7. The van der Waals surface area contributed by atoms with Crippen molar-refractivity contribution in [1.82, 2.24) is 15.1 Å². The summed E-state index contributed by atoms with van der Waals surface area (Å²) in [7, 11) is 0.